The Kier molecular flexibility index (Phi) is 15.8. The molecule has 1 unspecified atom stereocenters. The number of hydrogen-bond acceptors (Lipinski definition) is 4. The molecule has 3 rings (SSSR count). The first-order valence-electron chi connectivity index (χ1n) is 11.3. The van der Waals surface area contributed by atoms with Crippen LogP contribution in [-0.2, 0) is 17.6 Å². The second-order valence-electron chi connectivity index (χ2n) is 5.72. The molecule has 2 aliphatic rings. The van der Waals surface area contributed by atoms with E-state index in [0.29, 0.717) is 5.78 Å². The van der Waals surface area contributed by atoms with Gasteiger partial charge in [0.05, 0.1) is 10.9 Å². The van der Waals surface area contributed by atoms with Crippen LogP contribution in [0.25, 0.3) is 0 Å². The number of rotatable bonds is 4. The van der Waals surface area contributed by atoms with Crippen LogP contribution in [0.3, 0.4) is 0 Å². The second-order valence-corrected chi connectivity index (χ2v) is 6.16. The summed E-state index contributed by atoms with van der Waals surface area (Å²) in [7, 11) is 0. The molecule has 0 radical (unpaired) electrons. The molecule has 3 N–H and O–H groups in total. The Morgan fingerprint density at radius 3 is 2.41 bits per heavy atom. The van der Waals surface area contributed by atoms with Crippen LogP contribution in [0.4, 0.5) is 5.82 Å². The van der Waals surface area contributed by atoms with Gasteiger partial charge < -0.3 is 10.6 Å². The molecule has 0 spiro atoms. The molecule has 166 valence electrons. The van der Waals surface area contributed by atoms with Crippen molar-refractivity contribution in [2.45, 2.75) is 87.5 Å². The summed E-state index contributed by atoms with van der Waals surface area (Å²) in [4.78, 5) is 11.9. The quantitative estimate of drug-likeness (QED) is 0.506. The molecule has 2 aliphatic carbocycles. The first-order chi connectivity index (χ1) is 13.7. The SMILES string of the molecule is C.CC.CC.CCNC(=S)C1CCCC1=O.CCNc1n[nH]c2c1CCC2.[3HH].[3H][3H].[HH].[HH]. The predicted octanol–water partition coefficient (Wildman–Crippen LogP) is 6.30. The van der Waals surface area contributed by atoms with Crippen LogP contribution in [-0.4, -0.2) is 34.1 Å². The van der Waals surface area contributed by atoms with E-state index in [1.165, 1.54) is 30.5 Å². The summed E-state index contributed by atoms with van der Waals surface area (Å²) in [6.45, 7) is 13.9. The molecule has 1 aromatic rings. The van der Waals surface area contributed by atoms with E-state index >= 15 is 0 Å². The number of anilines is 1. The van der Waals surface area contributed by atoms with Gasteiger partial charge in [-0.05, 0) is 46.0 Å². The molecule has 1 atom stereocenters. The van der Waals surface area contributed by atoms with E-state index in [2.05, 4.69) is 27.8 Å². The van der Waals surface area contributed by atoms with Crippen molar-refractivity contribution in [2.24, 2.45) is 5.92 Å². The van der Waals surface area contributed by atoms with Crippen LogP contribution in [0, 0.1) is 5.92 Å². The van der Waals surface area contributed by atoms with Gasteiger partial charge in [0.15, 0.2) is 5.82 Å². The summed E-state index contributed by atoms with van der Waals surface area (Å²) >= 11 is 5.06. The van der Waals surface area contributed by atoms with Crippen LogP contribution in [0.15, 0.2) is 0 Å². The topological polar surface area (TPSA) is 69.8 Å². The van der Waals surface area contributed by atoms with Crippen molar-refractivity contribution in [3.63, 3.8) is 0 Å². The number of aromatic amines is 1. The molecular weight excluding hydrogens is 356 g/mol. The zero-order valence-electron chi connectivity index (χ0n) is 19.5. The third-order valence-corrected chi connectivity index (χ3v) is 4.55. The standard InChI is InChI=1S/C8H13N3.C8H13NOS.2C2H6.CH4.4H2/c1-2-9-8-6-4-3-5-7(6)10-11-8;1-2-9-8(11)6-4-3-5-7(6)10;2*1-2;;;;;/h2-5H2,1H3,(H2,9,10,11);6H,2-5H2,1H3,(H,9,11);2*1-2H3;1H4;4*1H/i;;;;;1+2T;1+2;;. The highest BCUT2D eigenvalue weighted by Crippen LogP contribution is 2.25. The number of hydrogen-bond donors (Lipinski definition) is 3. The molecule has 0 saturated heterocycles. The average Bonchev–Trinajstić information content (AvgIpc) is 3.46. The Morgan fingerprint density at radius 1 is 1.22 bits per heavy atom. The van der Waals surface area contributed by atoms with E-state index in [1.807, 2.05) is 34.6 Å². The van der Waals surface area contributed by atoms with Crippen molar-refractivity contribution in [1.82, 2.24) is 15.5 Å². The summed E-state index contributed by atoms with van der Waals surface area (Å²) in [5.41, 5.74) is 2.74. The number of ketones is 1. The van der Waals surface area contributed by atoms with Gasteiger partial charge in [0.25, 0.3) is 0 Å². The second kappa shape index (κ2) is 16.7. The maximum Gasteiger partial charge on any atom is 0.151 e. The van der Waals surface area contributed by atoms with Gasteiger partial charge in [-0.1, -0.05) is 47.3 Å². The van der Waals surface area contributed by atoms with Crippen molar-refractivity contribution >= 4 is 28.8 Å². The molecule has 0 aliphatic heterocycles. The number of fused-ring (bicyclic) bond motifs is 1. The number of aryl methyl sites for hydroxylation is 1. The molecule has 0 aromatic carbocycles. The number of nitrogens with zero attached hydrogens (tertiary/aromatic N) is 1. The van der Waals surface area contributed by atoms with Gasteiger partial charge in [0.1, 0.15) is 5.78 Å². The van der Waals surface area contributed by atoms with E-state index < -0.39 is 0 Å². The van der Waals surface area contributed by atoms with E-state index in [9.17, 15) is 4.79 Å². The Labute approximate surface area is 180 Å². The van der Waals surface area contributed by atoms with Gasteiger partial charge in [-0.2, -0.15) is 5.10 Å². The van der Waals surface area contributed by atoms with Crippen molar-refractivity contribution in [3.8, 4) is 0 Å². The van der Waals surface area contributed by atoms with Crippen LogP contribution >= 0.6 is 12.2 Å². The lowest BCUT2D eigenvalue weighted by Gasteiger charge is -2.09. The van der Waals surface area contributed by atoms with E-state index in [-0.39, 0.29) is 17.6 Å². The highest BCUT2D eigenvalue weighted by molar-refractivity contribution is 7.80. The number of nitrogens with one attached hydrogen (secondary N) is 3. The first-order valence-corrected chi connectivity index (χ1v) is 10.7. The highest BCUT2D eigenvalue weighted by atomic mass is 32.1. The van der Waals surface area contributed by atoms with Gasteiger partial charge in [-0.25, -0.2) is 0 Å². The average molecular weight is 413 g/mol. The summed E-state index contributed by atoms with van der Waals surface area (Å²) in [6, 6.07) is 0. The number of Topliss-reactive ketones (excluding diaryl/α,β-unsaturated/α-hetero) is 1. The summed E-state index contributed by atoms with van der Waals surface area (Å²) in [6.07, 6.45) is 6.32. The molecule has 1 fully saturated rings. The number of H-pyrrole nitrogens is 1. The summed E-state index contributed by atoms with van der Waals surface area (Å²) in [5.74, 6) is 1.42. The normalized spacial score (nSPS) is 16.5. The van der Waals surface area contributed by atoms with Gasteiger partial charge in [0.2, 0.25) is 0 Å². The number of carbonyl (C=O) groups is 1. The van der Waals surface area contributed by atoms with E-state index in [1.54, 1.807) is 0 Å². The highest BCUT2D eigenvalue weighted by Gasteiger charge is 2.27. The van der Waals surface area contributed by atoms with Crippen LogP contribution in [0.5, 0.6) is 0 Å². The molecule has 6 heteroatoms. The van der Waals surface area contributed by atoms with Crippen LogP contribution in [0.1, 0.15) is 93.2 Å². The Morgan fingerprint density at radius 2 is 1.89 bits per heavy atom. The van der Waals surface area contributed by atoms with E-state index in [0.717, 1.165) is 43.2 Å². The maximum atomic E-state index is 11.2. The number of carbonyl (C=O) groups excluding carboxylic acids is 1. The summed E-state index contributed by atoms with van der Waals surface area (Å²) in [5, 5.41) is 13.5. The zero-order valence-corrected chi connectivity index (χ0v) is 18.3. The molecular formula is C21H50N4OS. The summed E-state index contributed by atoms with van der Waals surface area (Å²) < 4.78 is 10.0. The first kappa shape index (κ1) is 25.6. The lowest BCUT2D eigenvalue weighted by atomic mass is 10.1. The maximum absolute atomic E-state index is 11.2. The molecule has 0 bridgehead atoms. The van der Waals surface area contributed by atoms with Gasteiger partial charge in [-0.15, -0.1) is 0 Å². The lowest BCUT2D eigenvalue weighted by molar-refractivity contribution is -0.118. The van der Waals surface area contributed by atoms with Gasteiger partial charge >= 0.3 is 0 Å². The van der Waals surface area contributed by atoms with Crippen molar-refractivity contribution < 1.29 is 12.0 Å². The molecule has 1 saturated carbocycles. The van der Waals surface area contributed by atoms with Gasteiger partial charge in [0, 0.05) is 38.0 Å². The third kappa shape index (κ3) is 8.87. The molecule has 27 heavy (non-hydrogen) atoms. The predicted molar refractivity (Wildman–Crippen MR) is 131 cm³/mol. The third-order valence-electron chi connectivity index (χ3n) is 4.12. The minimum atomic E-state index is 0. The fourth-order valence-electron chi connectivity index (χ4n) is 3.02. The minimum Gasteiger partial charge on any atom is -0.379 e. The molecule has 5 nitrogen and oxygen atoms in total. The largest absolute Gasteiger partial charge is 0.379 e. The monoisotopic (exact) mass is 412 g/mol. The van der Waals surface area contributed by atoms with Crippen molar-refractivity contribution in [3.05, 3.63) is 11.3 Å². The smallest absolute Gasteiger partial charge is 0.151 e. The van der Waals surface area contributed by atoms with E-state index in [4.69, 9.17) is 15.2 Å². The minimum absolute atomic E-state index is 0. The van der Waals surface area contributed by atoms with Crippen molar-refractivity contribution in [1.29, 1.82) is 0 Å². The number of aromatic nitrogens is 2. The molecule has 0 amide bonds. The molecule has 1 aromatic heterocycles. The van der Waals surface area contributed by atoms with Crippen LogP contribution in [0.2, 0.25) is 0 Å². The Balaban J connectivity index is -0.0000000777. The zero-order chi connectivity index (χ0) is 21.9. The van der Waals surface area contributed by atoms with Crippen LogP contribution < -0.4 is 10.6 Å². The van der Waals surface area contributed by atoms with Gasteiger partial charge in [-0.3, -0.25) is 9.89 Å². The number of thiocarbonyl (C=S) groups is 1. The lowest BCUT2D eigenvalue weighted by Crippen LogP contribution is -2.30. The fraction of sp³-hybridized carbons (Fsp3) is 0.762. The molecule has 1 heterocycles. The fourth-order valence-corrected chi connectivity index (χ4v) is 3.42. The Hall–Kier alpha value is -1.43. The Bertz CT molecular complexity index is 548. The van der Waals surface area contributed by atoms with Crippen molar-refractivity contribution in [2.75, 3.05) is 18.4 Å².